The quantitative estimate of drug-likeness (QED) is 0.439. The smallest absolute Gasteiger partial charge is 0.513 e. The third-order valence-corrected chi connectivity index (χ3v) is 1.47. The number of primary amides is 1. The number of ether oxygens (including phenoxy) is 1. The second-order valence-corrected chi connectivity index (χ2v) is 2.38. The number of methoxy groups -OCH3 is 1. The summed E-state index contributed by atoms with van der Waals surface area (Å²) in [6, 6.07) is 5.37. The number of hydrogen-bond donors (Lipinski definition) is 1. The number of benzene rings is 1. The standard InChI is InChI=1S/C8H9N3O3/c1-14-7-5-3-2-4-6(7)10-11(13)8(9)12/h2-5H,1H3,(H2,9,12). The number of rotatable bonds is 2. The highest BCUT2D eigenvalue weighted by Gasteiger charge is 2.05. The monoisotopic (exact) mass is 195 g/mol. The Hall–Kier alpha value is -2.11. The summed E-state index contributed by atoms with van der Waals surface area (Å²) in [7, 11) is 1.44. The average Bonchev–Trinajstić information content (AvgIpc) is 2.18. The molecule has 0 aliphatic rings. The van der Waals surface area contributed by atoms with Crippen LogP contribution in [0.15, 0.2) is 29.4 Å². The number of nitrogens with zero attached hydrogens (tertiary/aromatic N) is 2. The fourth-order valence-electron chi connectivity index (χ4n) is 0.860. The molecule has 0 radical (unpaired) electrons. The summed E-state index contributed by atoms with van der Waals surface area (Å²) in [5.41, 5.74) is 4.97. The number of hydrogen-bond acceptors (Lipinski definition) is 4. The van der Waals surface area contributed by atoms with E-state index in [-0.39, 0.29) is 10.5 Å². The van der Waals surface area contributed by atoms with Crippen LogP contribution in [0.2, 0.25) is 0 Å². The van der Waals surface area contributed by atoms with Crippen LogP contribution in [-0.2, 0) is 0 Å². The van der Waals surface area contributed by atoms with Crippen molar-refractivity contribution in [3.8, 4) is 5.75 Å². The minimum absolute atomic E-state index is 0.197. The molecule has 0 heterocycles. The van der Waals surface area contributed by atoms with Crippen LogP contribution < -0.4 is 10.5 Å². The number of para-hydroxylation sites is 1. The molecule has 0 aliphatic carbocycles. The molecule has 2 amide bonds. The Morgan fingerprint density at radius 2 is 2.21 bits per heavy atom. The molecule has 0 aliphatic heterocycles. The Morgan fingerprint density at radius 3 is 2.79 bits per heavy atom. The molecule has 0 bridgehead atoms. The van der Waals surface area contributed by atoms with E-state index in [1.807, 2.05) is 0 Å². The molecule has 74 valence electrons. The molecule has 0 atom stereocenters. The van der Waals surface area contributed by atoms with Gasteiger partial charge in [-0.3, -0.25) is 0 Å². The van der Waals surface area contributed by atoms with Crippen LogP contribution in [-0.4, -0.2) is 18.0 Å². The van der Waals surface area contributed by atoms with E-state index in [1.54, 1.807) is 18.2 Å². The molecular formula is C8H9N3O3. The highest BCUT2D eigenvalue weighted by Crippen LogP contribution is 2.26. The van der Waals surface area contributed by atoms with Gasteiger partial charge in [0, 0.05) is 0 Å². The molecule has 0 unspecified atom stereocenters. The highest BCUT2D eigenvalue weighted by atomic mass is 16.5. The average molecular weight is 195 g/mol. The Kier molecular flexibility index (Phi) is 3.01. The largest absolute Gasteiger partial charge is 0.688 e. The van der Waals surface area contributed by atoms with Crippen molar-refractivity contribution >= 4 is 11.7 Å². The number of azo groups is 1. The van der Waals surface area contributed by atoms with Gasteiger partial charge in [0.2, 0.25) is 0 Å². The molecule has 14 heavy (non-hydrogen) atoms. The van der Waals surface area contributed by atoms with Crippen LogP contribution in [0.25, 0.3) is 0 Å². The van der Waals surface area contributed by atoms with Gasteiger partial charge in [-0.1, -0.05) is 22.1 Å². The van der Waals surface area contributed by atoms with Crippen LogP contribution in [0.3, 0.4) is 0 Å². The summed E-state index contributed by atoms with van der Waals surface area (Å²) in [6.45, 7) is 0. The molecule has 1 aromatic rings. The first kappa shape index (κ1) is 9.97. The van der Waals surface area contributed by atoms with Gasteiger partial charge in [-0.25, -0.2) is 5.73 Å². The number of nitrogens with two attached hydrogens (primary N) is 1. The van der Waals surface area contributed by atoms with Crippen molar-refractivity contribution < 1.29 is 14.4 Å². The maximum atomic E-state index is 10.8. The lowest BCUT2D eigenvalue weighted by Crippen LogP contribution is -2.19. The third kappa shape index (κ3) is 2.19. The van der Waals surface area contributed by atoms with Gasteiger partial charge in [0.25, 0.3) is 0 Å². The SMILES string of the molecule is COc1ccccc1N=[N+]([O-])C(N)=O. The normalized spacial score (nSPS) is 11.1. The van der Waals surface area contributed by atoms with Crippen LogP contribution in [0.5, 0.6) is 5.75 Å². The van der Waals surface area contributed by atoms with Crippen molar-refractivity contribution in [3.63, 3.8) is 0 Å². The van der Waals surface area contributed by atoms with E-state index in [9.17, 15) is 10.0 Å². The summed E-state index contributed by atoms with van der Waals surface area (Å²) in [5.74, 6) is 0.398. The lowest BCUT2D eigenvalue weighted by molar-refractivity contribution is -0.420. The molecule has 0 saturated heterocycles. The van der Waals surface area contributed by atoms with Gasteiger partial charge >= 0.3 is 6.03 Å². The summed E-state index contributed by atoms with van der Waals surface area (Å²) in [4.78, 5) is 10.2. The molecule has 0 fully saturated rings. The zero-order valence-corrected chi connectivity index (χ0v) is 7.51. The Bertz CT molecular complexity index is 376. The Morgan fingerprint density at radius 1 is 1.57 bits per heavy atom. The Labute approximate surface area is 80.2 Å². The van der Waals surface area contributed by atoms with Crippen molar-refractivity contribution in [2.24, 2.45) is 10.8 Å². The van der Waals surface area contributed by atoms with Gasteiger partial charge in [0.15, 0.2) is 0 Å². The van der Waals surface area contributed by atoms with Gasteiger partial charge in [0.05, 0.1) is 7.11 Å². The number of hydroxylamine groups is 1. The second kappa shape index (κ2) is 4.22. The Balaban J connectivity index is 3.07. The summed E-state index contributed by atoms with van der Waals surface area (Å²) in [5, 5.41) is 14.2. The van der Waals surface area contributed by atoms with E-state index in [2.05, 4.69) is 5.11 Å². The van der Waals surface area contributed by atoms with Crippen LogP contribution in [0.4, 0.5) is 10.5 Å². The van der Waals surface area contributed by atoms with Gasteiger partial charge in [0.1, 0.15) is 11.4 Å². The van der Waals surface area contributed by atoms with Crippen molar-refractivity contribution in [1.82, 2.24) is 0 Å². The lowest BCUT2D eigenvalue weighted by Gasteiger charge is -2.03. The topological polar surface area (TPSA) is 90.8 Å². The van der Waals surface area contributed by atoms with Crippen molar-refractivity contribution in [2.45, 2.75) is 0 Å². The van der Waals surface area contributed by atoms with Crippen molar-refractivity contribution in [3.05, 3.63) is 29.5 Å². The fourth-order valence-corrected chi connectivity index (χ4v) is 0.860. The maximum Gasteiger partial charge on any atom is 0.513 e. The van der Waals surface area contributed by atoms with E-state index in [0.717, 1.165) is 0 Å². The zero-order chi connectivity index (χ0) is 10.6. The van der Waals surface area contributed by atoms with E-state index in [4.69, 9.17) is 10.5 Å². The highest BCUT2D eigenvalue weighted by molar-refractivity contribution is 5.62. The van der Waals surface area contributed by atoms with E-state index in [1.165, 1.54) is 13.2 Å². The van der Waals surface area contributed by atoms with Crippen LogP contribution in [0, 0.1) is 5.21 Å². The molecule has 2 N–H and O–H groups in total. The van der Waals surface area contributed by atoms with Gasteiger partial charge in [-0.2, -0.15) is 4.79 Å². The first-order valence-corrected chi connectivity index (χ1v) is 3.76. The molecule has 1 aromatic carbocycles. The molecule has 0 saturated carbocycles. The fraction of sp³-hybridized carbons (Fsp3) is 0.125. The van der Waals surface area contributed by atoms with E-state index in [0.29, 0.717) is 5.75 Å². The first-order chi connectivity index (χ1) is 6.65. The molecule has 0 spiro atoms. The predicted octanol–water partition coefficient (Wildman–Crippen LogP) is 1.37. The molecule has 6 nitrogen and oxygen atoms in total. The molecule has 0 aromatic heterocycles. The predicted molar refractivity (Wildman–Crippen MR) is 48.3 cm³/mol. The van der Waals surface area contributed by atoms with Crippen molar-refractivity contribution in [2.75, 3.05) is 7.11 Å². The van der Waals surface area contributed by atoms with E-state index >= 15 is 0 Å². The number of amides is 2. The van der Waals surface area contributed by atoms with Crippen LogP contribution >= 0.6 is 0 Å². The second-order valence-electron chi connectivity index (χ2n) is 2.38. The molecule has 1 rings (SSSR count). The maximum absolute atomic E-state index is 10.8. The van der Waals surface area contributed by atoms with Gasteiger partial charge in [-0.05, 0) is 12.1 Å². The number of urea groups is 1. The third-order valence-electron chi connectivity index (χ3n) is 1.47. The van der Waals surface area contributed by atoms with Crippen LogP contribution in [0.1, 0.15) is 0 Å². The summed E-state index contributed by atoms with van der Waals surface area (Å²) < 4.78 is 4.91. The number of carbonyl (C=O) groups is 1. The zero-order valence-electron chi connectivity index (χ0n) is 7.51. The van der Waals surface area contributed by atoms with Gasteiger partial charge in [-0.15, -0.1) is 0 Å². The lowest BCUT2D eigenvalue weighted by atomic mass is 10.3. The molecular weight excluding hydrogens is 186 g/mol. The summed E-state index contributed by atoms with van der Waals surface area (Å²) >= 11 is 0. The van der Waals surface area contributed by atoms with Gasteiger partial charge < -0.3 is 9.94 Å². The first-order valence-electron chi connectivity index (χ1n) is 3.76. The minimum Gasteiger partial charge on any atom is -0.688 e. The van der Waals surface area contributed by atoms with Crippen molar-refractivity contribution in [1.29, 1.82) is 0 Å². The minimum atomic E-state index is -1.17. The summed E-state index contributed by atoms with van der Waals surface area (Å²) in [6.07, 6.45) is 0. The molecule has 6 heteroatoms. The van der Waals surface area contributed by atoms with E-state index < -0.39 is 6.03 Å². The number of carbonyl (C=O) groups excluding carboxylic acids is 1.